The van der Waals surface area contributed by atoms with Gasteiger partial charge in [-0.3, -0.25) is 4.99 Å². The van der Waals surface area contributed by atoms with Crippen LogP contribution in [0.2, 0.25) is 0 Å². The maximum absolute atomic E-state index is 5.13. The second kappa shape index (κ2) is 6.81. The van der Waals surface area contributed by atoms with Crippen molar-refractivity contribution >= 4 is 16.9 Å². The van der Waals surface area contributed by atoms with E-state index in [9.17, 15) is 0 Å². The van der Waals surface area contributed by atoms with Crippen LogP contribution in [0, 0.1) is 0 Å². The van der Waals surface area contributed by atoms with Gasteiger partial charge >= 0.3 is 0 Å². The highest BCUT2D eigenvalue weighted by atomic mass is 32.2. The third-order valence-corrected chi connectivity index (χ3v) is 3.83. The van der Waals surface area contributed by atoms with E-state index in [1.165, 1.54) is 5.56 Å². The molecule has 0 bridgehead atoms. The first-order valence-electron chi connectivity index (χ1n) is 6.28. The molecule has 0 N–H and O–H groups in total. The van der Waals surface area contributed by atoms with Crippen LogP contribution < -0.4 is 0 Å². The fourth-order valence-electron chi connectivity index (χ4n) is 1.97. The third-order valence-electron chi connectivity index (χ3n) is 2.82. The molecule has 18 heavy (non-hydrogen) atoms. The summed E-state index contributed by atoms with van der Waals surface area (Å²) in [5, 5.41) is 1.16. The third kappa shape index (κ3) is 3.75. The molecule has 1 fully saturated rings. The zero-order valence-electron chi connectivity index (χ0n) is 11.0. The first-order chi connectivity index (χ1) is 8.79. The van der Waals surface area contributed by atoms with Crippen LogP contribution in [-0.4, -0.2) is 42.1 Å². The standard InChI is InChI=1S/C14H20N2OS/c1-12(11-17-2)15-14-16(8-9-18-14)10-13-6-4-3-5-7-13/h3-7,12H,8-11H2,1-2H3/t12-/m1/s1. The van der Waals surface area contributed by atoms with E-state index in [1.54, 1.807) is 7.11 Å². The minimum Gasteiger partial charge on any atom is -0.382 e. The van der Waals surface area contributed by atoms with Crippen molar-refractivity contribution in [2.24, 2.45) is 4.99 Å². The Kier molecular flexibility index (Phi) is 5.08. The Bertz CT molecular complexity index is 394. The van der Waals surface area contributed by atoms with Crippen molar-refractivity contribution in [3.05, 3.63) is 35.9 Å². The Morgan fingerprint density at radius 1 is 1.39 bits per heavy atom. The van der Waals surface area contributed by atoms with Crippen LogP contribution in [0.4, 0.5) is 0 Å². The Labute approximate surface area is 113 Å². The molecule has 4 heteroatoms. The second-order valence-electron chi connectivity index (χ2n) is 4.47. The molecule has 0 unspecified atom stereocenters. The van der Waals surface area contributed by atoms with Crippen molar-refractivity contribution in [3.8, 4) is 0 Å². The maximum atomic E-state index is 5.13. The summed E-state index contributed by atoms with van der Waals surface area (Å²) in [5.74, 6) is 1.13. The molecule has 1 saturated heterocycles. The van der Waals surface area contributed by atoms with Gasteiger partial charge in [-0.15, -0.1) is 0 Å². The van der Waals surface area contributed by atoms with Gasteiger partial charge in [0.05, 0.1) is 12.6 Å². The van der Waals surface area contributed by atoms with Crippen molar-refractivity contribution in [2.75, 3.05) is 26.0 Å². The van der Waals surface area contributed by atoms with Crippen molar-refractivity contribution in [1.82, 2.24) is 4.90 Å². The maximum Gasteiger partial charge on any atom is 0.159 e. The number of benzene rings is 1. The number of amidine groups is 1. The fraction of sp³-hybridized carbons (Fsp3) is 0.500. The normalized spacial score (nSPS) is 19.4. The summed E-state index contributed by atoms with van der Waals surface area (Å²) in [6, 6.07) is 10.8. The van der Waals surface area contributed by atoms with Gasteiger partial charge in [0.25, 0.3) is 0 Å². The number of thioether (sulfide) groups is 1. The molecular weight excluding hydrogens is 244 g/mol. The number of ether oxygens (including phenoxy) is 1. The van der Waals surface area contributed by atoms with E-state index in [-0.39, 0.29) is 6.04 Å². The van der Waals surface area contributed by atoms with Gasteiger partial charge in [0.15, 0.2) is 5.17 Å². The van der Waals surface area contributed by atoms with E-state index in [2.05, 4.69) is 42.2 Å². The molecule has 1 heterocycles. The van der Waals surface area contributed by atoms with Crippen molar-refractivity contribution in [3.63, 3.8) is 0 Å². The number of nitrogens with zero attached hydrogens (tertiary/aromatic N) is 2. The molecule has 1 aliphatic heterocycles. The Balaban J connectivity index is 1.99. The lowest BCUT2D eigenvalue weighted by Gasteiger charge is -2.19. The quantitative estimate of drug-likeness (QED) is 0.817. The Morgan fingerprint density at radius 2 is 2.17 bits per heavy atom. The lowest BCUT2D eigenvalue weighted by atomic mass is 10.2. The van der Waals surface area contributed by atoms with E-state index in [0.717, 1.165) is 24.0 Å². The smallest absolute Gasteiger partial charge is 0.159 e. The predicted octanol–water partition coefficient (Wildman–Crippen LogP) is 2.63. The molecule has 0 amide bonds. The van der Waals surface area contributed by atoms with Gasteiger partial charge < -0.3 is 9.64 Å². The summed E-state index contributed by atoms with van der Waals surface area (Å²) >= 11 is 1.84. The van der Waals surface area contributed by atoms with Crippen LogP contribution >= 0.6 is 11.8 Å². The zero-order chi connectivity index (χ0) is 12.8. The first-order valence-corrected chi connectivity index (χ1v) is 7.26. The summed E-state index contributed by atoms with van der Waals surface area (Å²) in [6.07, 6.45) is 0. The summed E-state index contributed by atoms with van der Waals surface area (Å²) in [7, 11) is 1.72. The number of hydrogen-bond donors (Lipinski definition) is 0. The van der Waals surface area contributed by atoms with Gasteiger partial charge in [0.2, 0.25) is 0 Å². The van der Waals surface area contributed by atoms with Crippen LogP contribution in [-0.2, 0) is 11.3 Å². The molecule has 1 aliphatic rings. The van der Waals surface area contributed by atoms with Crippen LogP contribution in [0.5, 0.6) is 0 Å². The second-order valence-corrected chi connectivity index (χ2v) is 5.53. The van der Waals surface area contributed by atoms with E-state index in [0.29, 0.717) is 6.61 Å². The number of hydrogen-bond acceptors (Lipinski definition) is 3. The Morgan fingerprint density at radius 3 is 2.89 bits per heavy atom. The van der Waals surface area contributed by atoms with E-state index < -0.39 is 0 Å². The minimum atomic E-state index is 0.230. The molecule has 2 rings (SSSR count). The number of rotatable bonds is 5. The molecule has 1 atom stereocenters. The highest BCUT2D eigenvalue weighted by Crippen LogP contribution is 2.21. The van der Waals surface area contributed by atoms with Gasteiger partial charge in [-0.2, -0.15) is 0 Å². The predicted molar refractivity (Wildman–Crippen MR) is 78.1 cm³/mol. The molecule has 1 aromatic carbocycles. The molecular formula is C14H20N2OS. The van der Waals surface area contributed by atoms with Crippen LogP contribution in [0.3, 0.4) is 0 Å². The SMILES string of the molecule is COC[C@@H](C)N=C1SCCN1Cc1ccccc1. The highest BCUT2D eigenvalue weighted by Gasteiger charge is 2.20. The van der Waals surface area contributed by atoms with Gasteiger partial charge in [0.1, 0.15) is 0 Å². The number of aliphatic imine (C=N–C) groups is 1. The van der Waals surface area contributed by atoms with Gasteiger partial charge in [0, 0.05) is 26.0 Å². The van der Waals surface area contributed by atoms with E-state index in [4.69, 9.17) is 9.73 Å². The fourth-order valence-corrected chi connectivity index (χ4v) is 3.06. The van der Waals surface area contributed by atoms with Gasteiger partial charge in [-0.05, 0) is 12.5 Å². The molecule has 0 aliphatic carbocycles. The zero-order valence-corrected chi connectivity index (χ0v) is 11.8. The highest BCUT2D eigenvalue weighted by molar-refractivity contribution is 8.14. The van der Waals surface area contributed by atoms with Gasteiger partial charge in [-0.25, -0.2) is 0 Å². The van der Waals surface area contributed by atoms with Crippen LogP contribution in [0.15, 0.2) is 35.3 Å². The summed E-state index contributed by atoms with van der Waals surface area (Å²) in [4.78, 5) is 7.08. The van der Waals surface area contributed by atoms with Crippen molar-refractivity contribution < 1.29 is 4.74 Å². The lowest BCUT2D eigenvalue weighted by molar-refractivity contribution is 0.185. The summed E-state index contributed by atoms with van der Waals surface area (Å²) < 4.78 is 5.13. The molecule has 0 aromatic heterocycles. The monoisotopic (exact) mass is 264 g/mol. The average molecular weight is 264 g/mol. The molecule has 0 saturated carbocycles. The average Bonchev–Trinajstić information content (AvgIpc) is 2.78. The molecule has 0 radical (unpaired) electrons. The minimum absolute atomic E-state index is 0.230. The number of methoxy groups -OCH3 is 1. The van der Waals surface area contributed by atoms with Crippen LogP contribution in [0.25, 0.3) is 0 Å². The van der Waals surface area contributed by atoms with Crippen molar-refractivity contribution in [2.45, 2.75) is 19.5 Å². The van der Waals surface area contributed by atoms with E-state index in [1.807, 2.05) is 11.8 Å². The first kappa shape index (κ1) is 13.4. The van der Waals surface area contributed by atoms with Gasteiger partial charge in [-0.1, -0.05) is 42.1 Å². The van der Waals surface area contributed by atoms with Crippen LogP contribution in [0.1, 0.15) is 12.5 Å². The molecule has 1 aromatic rings. The molecule has 98 valence electrons. The molecule has 3 nitrogen and oxygen atoms in total. The summed E-state index contributed by atoms with van der Waals surface area (Å²) in [5.41, 5.74) is 1.34. The molecule has 0 spiro atoms. The summed E-state index contributed by atoms with van der Waals surface area (Å²) in [6.45, 7) is 4.81. The topological polar surface area (TPSA) is 24.8 Å². The van der Waals surface area contributed by atoms with E-state index >= 15 is 0 Å². The lowest BCUT2D eigenvalue weighted by Crippen LogP contribution is -2.25. The van der Waals surface area contributed by atoms with Crippen molar-refractivity contribution in [1.29, 1.82) is 0 Å². The largest absolute Gasteiger partial charge is 0.382 e. The Hall–Kier alpha value is -1.00.